The van der Waals surface area contributed by atoms with Crippen molar-refractivity contribution in [2.24, 2.45) is 5.92 Å². The Bertz CT molecular complexity index is 1330. The van der Waals surface area contributed by atoms with E-state index in [0.717, 1.165) is 54.1 Å². The van der Waals surface area contributed by atoms with Gasteiger partial charge in [0.25, 0.3) is 0 Å². The van der Waals surface area contributed by atoms with E-state index in [1.165, 1.54) is 21.4 Å². The molecule has 4 aromatic rings. The van der Waals surface area contributed by atoms with Crippen LogP contribution < -0.4 is 4.90 Å². The molecule has 4 heterocycles. The molecule has 1 amide bonds. The summed E-state index contributed by atoms with van der Waals surface area (Å²) in [7, 11) is 0. The Morgan fingerprint density at radius 3 is 2.44 bits per heavy atom. The maximum atomic E-state index is 13.8. The van der Waals surface area contributed by atoms with Gasteiger partial charge in [0.2, 0.25) is 5.91 Å². The number of aromatic nitrogens is 3. The number of thiophene rings is 1. The van der Waals surface area contributed by atoms with E-state index in [-0.39, 0.29) is 11.8 Å². The van der Waals surface area contributed by atoms with Gasteiger partial charge in [0, 0.05) is 49.4 Å². The quantitative estimate of drug-likeness (QED) is 0.326. The highest BCUT2D eigenvalue weighted by Gasteiger charge is 2.30. The van der Waals surface area contributed by atoms with Crippen molar-refractivity contribution in [2.45, 2.75) is 53.1 Å². The number of rotatable bonds is 7. The maximum Gasteiger partial charge on any atom is 0.226 e. The van der Waals surface area contributed by atoms with Gasteiger partial charge in [0.1, 0.15) is 17.0 Å². The van der Waals surface area contributed by atoms with Gasteiger partial charge in [-0.1, -0.05) is 37.3 Å². The Morgan fingerprint density at radius 2 is 1.75 bits per heavy atom. The fourth-order valence-electron chi connectivity index (χ4n) is 5.02. The average Bonchev–Trinajstić information content (AvgIpc) is 3.22. The van der Waals surface area contributed by atoms with Gasteiger partial charge in [0.15, 0.2) is 0 Å². The Kier molecular flexibility index (Phi) is 7.28. The van der Waals surface area contributed by atoms with Gasteiger partial charge in [-0.3, -0.25) is 9.78 Å². The fourth-order valence-corrected chi connectivity index (χ4v) is 6.02. The first kappa shape index (κ1) is 24.4. The lowest BCUT2D eigenvalue weighted by Crippen LogP contribution is -2.42. The van der Waals surface area contributed by atoms with Gasteiger partial charge in [-0.15, -0.1) is 11.3 Å². The molecule has 0 spiro atoms. The summed E-state index contributed by atoms with van der Waals surface area (Å²) in [5, 5.41) is 1.17. The smallest absolute Gasteiger partial charge is 0.226 e. The van der Waals surface area contributed by atoms with Crippen molar-refractivity contribution in [1.29, 1.82) is 0 Å². The molecule has 1 saturated heterocycles. The monoisotopic (exact) mass is 499 g/mol. The number of anilines is 1. The molecule has 6 nitrogen and oxygen atoms in total. The highest BCUT2D eigenvalue weighted by atomic mass is 32.1. The third-order valence-corrected chi connectivity index (χ3v) is 8.42. The molecule has 0 unspecified atom stereocenters. The molecule has 1 fully saturated rings. The zero-order valence-electron chi connectivity index (χ0n) is 21.3. The third-order valence-electron chi connectivity index (χ3n) is 7.30. The van der Waals surface area contributed by atoms with Gasteiger partial charge in [-0.25, -0.2) is 9.97 Å². The fraction of sp³-hybridized carbons (Fsp3) is 0.379. The molecule has 0 aliphatic carbocycles. The van der Waals surface area contributed by atoms with Crippen LogP contribution in [0.3, 0.4) is 0 Å². The van der Waals surface area contributed by atoms with Gasteiger partial charge in [-0.05, 0) is 61.4 Å². The predicted octanol–water partition coefficient (Wildman–Crippen LogP) is 5.71. The van der Waals surface area contributed by atoms with Crippen LogP contribution in [-0.4, -0.2) is 38.8 Å². The van der Waals surface area contributed by atoms with Gasteiger partial charge < -0.3 is 9.80 Å². The molecule has 0 atom stereocenters. The summed E-state index contributed by atoms with van der Waals surface area (Å²) in [6, 6.07) is 12.6. The lowest BCUT2D eigenvalue weighted by molar-refractivity contribution is -0.137. The number of carbonyl (C=O) groups excluding carboxylic acids is 1. The molecule has 1 aliphatic rings. The molecule has 5 rings (SSSR count). The molecule has 36 heavy (non-hydrogen) atoms. The van der Waals surface area contributed by atoms with Crippen molar-refractivity contribution in [3.8, 4) is 0 Å². The minimum atomic E-state index is 0.00970. The Morgan fingerprint density at radius 1 is 1.03 bits per heavy atom. The lowest BCUT2D eigenvalue weighted by atomic mass is 9.94. The van der Waals surface area contributed by atoms with Crippen molar-refractivity contribution < 1.29 is 4.79 Å². The normalized spacial score (nSPS) is 14.4. The van der Waals surface area contributed by atoms with E-state index < -0.39 is 0 Å². The Labute approximate surface area is 217 Å². The number of fused-ring (bicyclic) bond motifs is 1. The zero-order valence-corrected chi connectivity index (χ0v) is 22.1. The maximum absolute atomic E-state index is 13.8. The summed E-state index contributed by atoms with van der Waals surface area (Å²) in [6.07, 6.45) is 7.96. The van der Waals surface area contributed by atoms with Crippen LogP contribution in [-0.2, 0) is 24.3 Å². The molecule has 186 valence electrons. The molecule has 0 bridgehead atoms. The molecule has 0 N–H and O–H groups in total. The SMILES string of the molecule is CCc1ccc(CN(Cc2cccnc2)C(=O)C2CCN(c3ncnc4sc(C)c(C)c34)CC2)cc1. The molecule has 0 radical (unpaired) electrons. The molecule has 1 aliphatic heterocycles. The summed E-state index contributed by atoms with van der Waals surface area (Å²) in [5.41, 5.74) is 4.79. The first-order valence-electron chi connectivity index (χ1n) is 12.7. The third kappa shape index (κ3) is 5.12. The summed E-state index contributed by atoms with van der Waals surface area (Å²) in [4.78, 5) is 33.9. The van der Waals surface area contributed by atoms with Crippen LogP contribution in [0.15, 0.2) is 55.1 Å². The number of hydrogen-bond donors (Lipinski definition) is 0. The minimum absolute atomic E-state index is 0.00970. The molecule has 0 saturated carbocycles. The van der Waals surface area contributed by atoms with E-state index in [1.807, 2.05) is 23.2 Å². The van der Waals surface area contributed by atoms with Gasteiger partial charge in [-0.2, -0.15) is 0 Å². The number of nitrogens with zero attached hydrogens (tertiary/aromatic N) is 5. The second-order valence-electron chi connectivity index (χ2n) is 9.65. The number of carbonyl (C=O) groups is 1. The predicted molar refractivity (Wildman–Crippen MR) is 146 cm³/mol. The zero-order chi connectivity index (χ0) is 25.1. The molecule has 1 aromatic carbocycles. The second kappa shape index (κ2) is 10.7. The first-order chi connectivity index (χ1) is 17.5. The molecular weight excluding hydrogens is 466 g/mol. The van der Waals surface area contributed by atoms with Crippen LogP contribution in [0.25, 0.3) is 10.2 Å². The topological polar surface area (TPSA) is 62.2 Å². The summed E-state index contributed by atoms with van der Waals surface area (Å²) >= 11 is 1.73. The highest BCUT2D eigenvalue weighted by Crippen LogP contribution is 2.36. The number of benzene rings is 1. The van der Waals surface area contributed by atoms with E-state index in [0.29, 0.717) is 13.1 Å². The van der Waals surface area contributed by atoms with Gasteiger partial charge >= 0.3 is 0 Å². The van der Waals surface area contributed by atoms with Crippen molar-refractivity contribution in [3.05, 3.63) is 82.3 Å². The van der Waals surface area contributed by atoms with E-state index in [1.54, 1.807) is 23.9 Å². The van der Waals surface area contributed by atoms with Crippen LogP contribution in [0, 0.1) is 19.8 Å². The number of piperidine rings is 1. The Hall–Kier alpha value is -3.32. The van der Waals surface area contributed by atoms with Crippen LogP contribution in [0.1, 0.15) is 46.9 Å². The van der Waals surface area contributed by atoms with Crippen molar-refractivity contribution in [1.82, 2.24) is 19.9 Å². The average molecular weight is 500 g/mol. The largest absolute Gasteiger partial charge is 0.356 e. The van der Waals surface area contributed by atoms with Crippen molar-refractivity contribution in [2.75, 3.05) is 18.0 Å². The lowest BCUT2D eigenvalue weighted by Gasteiger charge is -2.35. The van der Waals surface area contributed by atoms with Crippen LogP contribution in [0.5, 0.6) is 0 Å². The Balaban J connectivity index is 1.31. The van der Waals surface area contributed by atoms with E-state index in [2.05, 4.69) is 64.9 Å². The first-order valence-corrected chi connectivity index (χ1v) is 13.6. The van der Waals surface area contributed by atoms with Crippen LogP contribution in [0.4, 0.5) is 5.82 Å². The number of hydrogen-bond acceptors (Lipinski definition) is 6. The van der Waals surface area contributed by atoms with Crippen LogP contribution in [0.2, 0.25) is 0 Å². The van der Waals surface area contributed by atoms with E-state index in [4.69, 9.17) is 0 Å². The van der Waals surface area contributed by atoms with Gasteiger partial charge in [0.05, 0.1) is 5.39 Å². The minimum Gasteiger partial charge on any atom is -0.356 e. The molecule has 7 heteroatoms. The standard InChI is InChI=1S/C29H33N5OS/c1-4-22-7-9-23(10-8-22)17-34(18-24-6-5-13-30-16-24)29(35)25-11-14-33(15-12-25)27-26-20(2)21(3)36-28(26)32-19-31-27/h5-10,13,16,19,25H,4,11-12,14-15,17-18H2,1-3H3. The highest BCUT2D eigenvalue weighted by molar-refractivity contribution is 7.18. The van der Waals surface area contributed by atoms with Crippen molar-refractivity contribution >= 4 is 33.3 Å². The van der Waals surface area contributed by atoms with Crippen LogP contribution >= 0.6 is 11.3 Å². The second-order valence-corrected chi connectivity index (χ2v) is 10.9. The number of aryl methyl sites for hydroxylation is 3. The molecular formula is C29H33N5OS. The van der Waals surface area contributed by atoms with Crippen molar-refractivity contribution in [3.63, 3.8) is 0 Å². The summed E-state index contributed by atoms with van der Waals surface area (Å²) < 4.78 is 0. The summed E-state index contributed by atoms with van der Waals surface area (Å²) in [5.74, 6) is 1.25. The number of amides is 1. The van der Waals surface area contributed by atoms with E-state index >= 15 is 0 Å². The number of pyridine rings is 1. The summed E-state index contributed by atoms with van der Waals surface area (Å²) in [6.45, 7) is 9.28. The van der Waals surface area contributed by atoms with E-state index in [9.17, 15) is 4.79 Å². The molecule has 3 aromatic heterocycles.